The molecule has 2 heterocycles. The van der Waals surface area contributed by atoms with Gasteiger partial charge in [-0.05, 0) is 92.9 Å². The summed E-state index contributed by atoms with van der Waals surface area (Å²) < 4.78 is 34.9. The maximum absolute atomic E-state index is 14.6. The van der Waals surface area contributed by atoms with Gasteiger partial charge in [-0.1, -0.05) is 91.0 Å². The molecule has 0 radical (unpaired) electrons. The second-order valence-electron chi connectivity index (χ2n) is 17.0. The van der Waals surface area contributed by atoms with Crippen molar-refractivity contribution < 1.29 is 37.6 Å². The fourth-order valence-electron chi connectivity index (χ4n) is 8.06. The van der Waals surface area contributed by atoms with E-state index < -0.39 is 37.9 Å². The standard InChI is InChI=1S/C54H58N9O8P/c1-37(2)63(38(3)4)72(70-32-16-31-55)71-35-44(34-69-54(41-21-14-9-15-22-41,42-23-27-45(67-5)28-24-42)43-25-29-46(68-6)30-26-43)57-47(64)33-62-36-56-48-49(58-51(65)39-17-10-7-11-18-39)59-53(60-50(48)62)61-52(66)40-19-12-8-13-20-40/h7-15,17-30,36-38,44H,16,32-35H2,1-6H3,(H,57,64)(H2,58,59,60,61,65,66)/t44-,72?/m0/s1. The van der Waals surface area contributed by atoms with E-state index in [-0.39, 0.29) is 67.8 Å². The van der Waals surface area contributed by atoms with Crippen LogP contribution in [-0.2, 0) is 30.7 Å². The van der Waals surface area contributed by atoms with Crippen molar-refractivity contribution in [3.05, 3.63) is 174 Å². The SMILES string of the molecule is COc1ccc(C(OC[C@@H](COP(OCCC#N)N(C(C)C)C(C)C)NC(=O)Cn2cnc3c(NC(=O)c4ccccc4)nc(NC(=O)c4ccccc4)nc32)(c2ccccc2)c2ccc(OC)cc2)cc1. The summed E-state index contributed by atoms with van der Waals surface area (Å²) in [5, 5.41) is 18.1. The molecule has 3 N–H and O–H groups in total. The van der Waals surface area contributed by atoms with Crippen molar-refractivity contribution in [3.63, 3.8) is 0 Å². The molecule has 72 heavy (non-hydrogen) atoms. The number of amides is 3. The van der Waals surface area contributed by atoms with Crippen LogP contribution >= 0.6 is 8.53 Å². The number of hydrogen-bond acceptors (Lipinski definition) is 13. The van der Waals surface area contributed by atoms with Crippen molar-refractivity contribution in [2.75, 3.05) is 44.7 Å². The highest BCUT2D eigenvalue weighted by Crippen LogP contribution is 2.47. The monoisotopic (exact) mass is 991 g/mol. The highest BCUT2D eigenvalue weighted by Gasteiger charge is 2.39. The first-order chi connectivity index (χ1) is 34.9. The third kappa shape index (κ3) is 12.8. The first kappa shape index (κ1) is 52.2. The van der Waals surface area contributed by atoms with E-state index in [1.165, 1.54) is 10.9 Å². The number of fused-ring (bicyclic) bond motifs is 1. The first-order valence-corrected chi connectivity index (χ1v) is 24.5. The molecule has 3 amide bonds. The molecule has 0 bridgehead atoms. The average molecular weight is 992 g/mol. The summed E-state index contributed by atoms with van der Waals surface area (Å²) in [6.45, 7) is 7.88. The second kappa shape index (κ2) is 25.0. The number of methoxy groups -OCH3 is 2. The van der Waals surface area contributed by atoms with E-state index in [9.17, 15) is 19.6 Å². The Morgan fingerprint density at radius 3 is 1.75 bits per heavy atom. The molecule has 0 aliphatic carbocycles. The Kier molecular flexibility index (Phi) is 18.1. The molecule has 0 saturated heterocycles. The minimum atomic E-state index is -1.73. The lowest BCUT2D eigenvalue weighted by molar-refractivity contribution is -0.123. The highest BCUT2D eigenvalue weighted by atomic mass is 31.2. The minimum Gasteiger partial charge on any atom is -0.497 e. The van der Waals surface area contributed by atoms with Gasteiger partial charge in [0, 0.05) is 23.2 Å². The molecule has 0 spiro atoms. The molecule has 0 fully saturated rings. The molecule has 0 aliphatic heterocycles. The van der Waals surface area contributed by atoms with Crippen molar-refractivity contribution in [1.29, 1.82) is 5.26 Å². The van der Waals surface area contributed by atoms with Crippen LogP contribution in [0.1, 0.15) is 71.5 Å². The number of aromatic nitrogens is 4. The van der Waals surface area contributed by atoms with Gasteiger partial charge in [-0.2, -0.15) is 15.2 Å². The Bertz CT molecular complexity index is 2860. The maximum atomic E-state index is 14.6. The molecular weight excluding hydrogens is 934 g/mol. The number of nitrogens with zero attached hydrogens (tertiary/aromatic N) is 6. The number of benzene rings is 5. The largest absolute Gasteiger partial charge is 0.497 e. The van der Waals surface area contributed by atoms with Gasteiger partial charge in [-0.3, -0.25) is 19.7 Å². The van der Waals surface area contributed by atoms with Gasteiger partial charge >= 0.3 is 0 Å². The average Bonchev–Trinajstić information content (AvgIpc) is 3.80. The third-order valence-electron chi connectivity index (χ3n) is 11.4. The van der Waals surface area contributed by atoms with Gasteiger partial charge < -0.3 is 38.5 Å². The highest BCUT2D eigenvalue weighted by molar-refractivity contribution is 7.44. The van der Waals surface area contributed by atoms with Crippen LogP contribution in [0.15, 0.2) is 146 Å². The van der Waals surface area contributed by atoms with E-state index in [0.29, 0.717) is 22.6 Å². The number of carbonyl (C=O) groups excluding carboxylic acids is 3. The summed E-state index contributed by atoms with van der Waals surface area (Å²) in [5.41, 5.74) is 2.22. The summed E-state index contributed by atoms with van der Waals surface area (Å²) in [5.74, 6) is -0.196. The van der Waals surface area contributed by atoms with Gasteiger partial charge in [-0.25, -0.2) is 9.65 Å². The molecule has 2 aromatic heterocycles. The zero-order valence-corrected chi connectivity index (χ0v) is 41.9. The molecule has 1 unspecified atom stereocenters. The van der Waals surface area contributed by atoms with Crippen molar-refractivity contribution in [2.24, 2.45) is 0 Å². The fourth-order valence-corrected chi connectivity index (χ4v) is 9.71. The van der Waals surface area contributed by atoms with Crippen molar-refractivity contribution >= 4 is 49.2 Å². The van der Waals surface area contributed by atoms with Crippen LogP contribution in [0.4, 0.5) is 11.8 Å². The quantitative estimate of drug-likeness (QED) is 0.0294. The Balaban J connectivity index is 1.26. The van der Waals surface area contributed by atoms with E-state index in [1.54, 1.807) is 74.9 Å². The second-order valence-corrected chi connectivity index (χ2v) is 18.5. The topological polar surface area (TPSA) is 204 Å². The Morgan fingerprint density at radius 2 is 1.22 bits per heavy atom. The van der Waals surface area contributed by atoms with Crippen LogP contribution in [-0.4, -0.2) is 94.1 Å². The van der Waals surface area contributed by atoms with Gasteiger partial charge in [0.05, 0.1) is 58.9 Å². The van der Waals surface area contributed by atoms with Crippen LogP contribution in [0.3, 0.4) is 0 Å². The summed E-state index contributed by atoms with van der Waals surface area (Å²) in [4.78, 5) is 55.1. The first-order valence-electron chi connectivity index (χ1n) is 23.4. The molecule has 18 heteroatoms. The van der Waals surface area contributed by atoms with Gasteiger partial charge in [0.2, 0.25) is 11.9 Å². The lowest BCUT2D eigenvalue weighted by Crippen LogP contribution is -2.46. The van der Waals surface area contributed by atoms with Gasteiger partial charge in [-0.15, -0.1) is 0 Å². The van der Waals surface area contributed by atoms with Crippen LogP contribution in [0, 0.1) is 11.3 Å². The van der Waals surface area contributed by atoms with Crippen LogP contribution in [0.5, 0.6) is 11.5 Å². The predicted octanol–water partition coefficient (Wildman–Crippen LogP) is 9.13. The minimum absolute atomic E-state index is 0.0135. The number of ether oxygens (including phenoxy) is 3. The smallest absolute Gasteiger partial charge is 0.259 e. The van der Waals surface area contributed by atoms with Crippen molar-refractivity contribution in [1.82, 2.24) is 29.5 Å². The number of carbonyl (C=O) groups is 3. The van der Waals surface area contributed by atoms with Gasteiger partial charge in [0.15, 0.2) is 17.0 Å². The van der Waals surface area contributed by atoms with Crippen molar-refractivity contribution in [3.8, 4) is 17.6 Å². The molecule has 372 valence electrons. The number of nitrogens with one attached hydrogen (secondary N) is 3. The Morgan fingerprint density at radius 1 is 0.694 bits per heavy atom. The number of imidazole rings is 1. The predicted molar refractivity (Wildman–Crippen MR) is 275 cm³/mol. The van der Waals surface area contributed by atoms with E-state index in [4.69, 9.17) is 23.3 Å². The van der Waals surface area contributed by atoms with Gasteiger partial charge in [0.1, 0.15) is 23.6 Å². The van der Waals surface area contributed by atoms with Crippen molar-refractivity contribution in [2.45, 2.75) is 64.4 Å². The molecule has 0 saturated carbocycles. The van der Waals surface area contributed by atoms with Crippen LogP contribution in [0.25, 0.3) is 11.2 Å². The number of nitriles is 1. The number of rotatable bonds is 24. The molecule has 7 aromatic rings. The summed E-state index contributed by atoms with van der Waals surface area (Å²) in [7, 11) is 1.49. The zero-order valence-electron chi connectivity index (χ0n) is 41.0. The lowest BCUT2D eigenvalue weighted by atomic mass is 9.80. The molecule has 7 rings (SSSR count). The van der Waals surface area contributed by atoms with E-state index >= 15 is 0 Å². The third-order valence-corrected chi connectivity index (χ3v) is 13.5. The lowest BCUT2D eigenvalue weighted by Gasteiger charge is -2.38. The molecule has 2 atom stereocenters. The van der Waals surface area contributed by atoms with E-state index in [2.05, 4.69) is 41.6 Å². The summed E-state index contributed by atoms with van der Waals surface area (Å²) in [6.07, 6.45) is 1.58. The number of hydrogen-bond donors (Lipinski definition) is 3. The fraction of sp³-hybridized carbons (Fsp3) is 0.278. The molecular formula is C54H58N9O8P. The number of anilines is 2. The normalized spacial score (nSPS) is 12.3. The molecule has 5 aromatic carbocycles. The Labute approximate surface area is 420 Å². The van der Waals surface area contributed by atoms with Crippen LogP contribution < -0.4 is 25.4 Å². The summed E-state index contributed by atoms with van der Waals surface area (Å²) in [6, 6.07) is 43.6. The molecule has 0 aliphatic rings. The summed E-state index contributed by atoms with van der Waals surface area (Å²) >= 11 is 0. The Hall–Kier alpha value is -7.58. The maximum Gasteiger partial charge on any atom is 0.259 e. The van der Waals surface area contributed by atoms with E-state index in [1.807, 2.05) is 107 Å². The van der Waals surface area contributed by atoms with Crippen LogP contribution in [0.2, 0.25) is 0 Å². The van der Waals surface area contributed by atoms with Gasteiger partial charge in [0.25, 0.3) is 20.3 Å². The van der Waals surface area contributed by atoms with E-state index in [0.717, 1.165) is 16.7 Å². The zero-order chi connectivity index (χ0) is 51.0. The molecule has 17 nitrogen and oxygen atoms in total.